The van der Waals surface area contributed by atoms with Gasteiger partial charge in [0, 0.05) is 12.5 Å². The Morgan fingerprint density at radius 3 is 2.62 bits per heavy atom. The minimum atomic E-state index is -0.284. The van der Waals surface area contributed by atoms with Crippen LogP contribution in [0, 0.1) is 0 Å². The average Bonchev–Trinajstić information content (AvgIpc) is 2.87. The number of esters is 1. The van der Waals surface area contributed by atoms with E-state index in [-0.39, 0.29) is 28.7 Å². The standard InChI is InChI=1S/C15H16NO3S.BrH/c1-12(17)19-9-7-15-16(8-10-20-15)11-14(18)13-5-3-2-4-6-13;/h2-6,8,10H,7,9,11H2,1H3;1H/q+1;/p-1. The molecule has 1 aromatic heterocycles. The molecule has 0 atom stereocenters. The van der Waals surface area contributed by atoms with E-state index in [4.69, 9.17) is 4.74 Å². The molecule has 0 radical (unpaired) electrons. The highest BCUT2D eigenvalue weighted by atomic mass is 79.9. The minimum absolute atomic E-state index is 0. The van der Waals surface area contributed by atoms with E-state index in [2.05, 4.69) is 0 Å². The number of hydrogen-bond donors (Lipinski definition) is 0. The number of halogens is 1. The van der Waals surface area contributed by atoms with Crippen LogP contribution in [0.2, 0.25) is 0 Å². The molecule has 2 rings (SSSR count). The van der Waals surface area contributed by atoms with E-state index < -0.39 is 0 Å². The first-order valence-electron chi connectivity index (χ1n) is 6.34. The van der Waals surface area contributed by atoms with Crippen LogP contribution in [0.25, 0.3) is 0 Å². The Morgan fingerprint density at radius 2 is 1.95 bits per heavy atom. The molecule has 0 bridgehead atoms. The summed E-state index contributed by atoms with van der Waals surface area (Å²) in [7, 11) is 0. The molecule has 0 aliphatic carbocycles. The molecule has 6 heteroatoms. The number of benzene rings is 1. The molecule has 0 aliphatic heterocycles. The molecule has 0 saturated heterocycles. The molecule has 0 N–H and O–H groups in total. The molecule has 21 heavy (non-hydrogen) atoms. The Hall–Kier alpha value is -1.53. The predicted molar refractivity (Wildman–Crippen MR) is 75.6 cm³/mol. The van der Waals surface area contributed by atoms with Crippen LogP contribution in [-0.4, -0.2) is 18.4 Å². The number of ether oxygens (including phenoxy) is 1. The monoisotopic (exact) mass is 369 g/mol. The first kappa shape index (κ1) is 17.5. The fourth-order valence-electron chi connectivity index (χ4n) is 1.83. The molecule has 0 fully saturated rings. The van der Waals surface area contributed by atoms with Crippen molar-refractivity contribution in [1.82, 2.24) is 0 Å². The van der Waals surface area contributed by atoms with Gasteiger partial charge in [-0.25, -0.2) is 0 Å². The van der Waals surface area contributed by atoms with Gasteiger partial charge in [0.1, 0.15) is 6.61 Å². The molecule has 2 aromatic rings. The van der Waals surface area contributed by atoms with Gasteiger partial charge in [0.2, 0.25) is 17.3 Å². The molecular weight excluding hydrogens is 354 g/mol. The zero-order valence-corrected chi connectivity index (χ0v) is 14.0. The molecule has 0 unspecified atom stereocenters. The Bertz CT molecular complexity index is 598. The highest BCUT2D eigenvalue weighted by Crippen LogP contribution is 2.06. The zero-order valence-electron chi connectivity index (χ0n) is 11.6. The number of carbonyl (C=O) groups is 2. The van der Waals surface area contributed by atoms with Gasteiger partial charge in [0.15, 0.2) is 6.20 Å². The smallest absolute Gasteiger partial charge is 0.302 e. The number of ketones is 1. The first-order valence-corrected chi connectivity index (χ1v) is 7.22. The molecule has 1 heterocycles. The number of Topliss-reactive ketones (excluding diaryl/α,β-unsaturated/α-hetero) is 1. The lowest BCUT2D eigenvalue weighted by Gasteiger charge is -2.00. The Labute approximate surface area is 138 Å². The van der Waals surface area contributed by atoms with Gasteiger partial charge in [-0.15, -0.1) is 0 Å². The Morgan fingerprint density at radius 1 is 1.24 bits per heavy atom. The van der Waals surface area contributed by atoms with Crippen molar-refractivity contribution in [3.63, 3.8) is 0 Å². The summed E-state index contributed by atoms with van der Waals surface area (Å²) in [6.45, 7) is 2.04. The molecule has 0 spiro atoms. The molecule has 1 aromatic carbocycles. The van der Waals surface area contributed by atoms with Gasteiger partial charge in [0.25, 0.3) is 0 Å². The van der Waals surface area contributed by atoms with Gasteiger partial charge in [-0.1, -0.05) is 41.7 Å². The van der Waals surface area contributed by atoms with E-state index in [0.717, 1.165) is 5.01 Å². The summed E-state index contributed by atoms with van der Waals surface area (Å²) in [5.41, 5.74) is 0.706. The number of hydrogen-bond acceptors (Lipinski definition) is 4. The quantitative estimate of drug-likeness (QED) is 0.374. The van der Waals surface area contributed by atoms with E-state index in [9.17, 15) is 9.59 Å². The van der Waals surface area contributed by atoms with E-state index in [0.29, 0.717) is 25.1 Å². The normalized spacial score (nSPS) is 9.76. The highest BCUT2D eigenvalue weighted by Gasteiger charge is 2.17. The molecule has 0 saturated carbocycles. The number of nitrogens with zero attached hydrogens (tertiary/aromatic N) is 1. The molecule has 4 nitrogen and oxygen atoms in total. The summed E-state index contributed by atoms with van der Waals surface area (Å²) in [4.78, 5) is 22.9. The summed E-state index contributed by atoms with van der Waals surface area (Å²) >= 11 is 1.56. The minimum Gasteiger partial charge on any atom is -1.00 e. The maximum Gasteiger partial charge on any atom is 0.302 e. The zero-order chi connectivity index (χ0) is 14.4. The molecule has 0 aliphatic rings. The number of rotatable bonds is 6. The highest BCUT2D eigenvalue weighted by molar-refractivity contribution is 7.09. The third kappa shape index (κ3) is 5.40. The van der Waals surface area contributed by atoms with Gasteiger partial charge >= 0.3 is 5.97 Å². The lowest BCUT2D eigenvalue weighted by Crippen LogP contribution is -3.00. The van der Waals surface area contributed by atoms with Crippen LogP contribution >= 0.6 is 11.3 Å². The van der Waals surface area contributed by atoms with Crippen LogP contribution in [0.15, 0.2) is 41.9 Å². The maximum absolute atomic E-state index is 12.1. The third-order valence-electron chi connectivity index (χ3n) is 2.80. The SMILES string of the molecule is CC(=O)OCCc1scc[n+]1CC(=O)c1ccccc1.[Br-]. The summed E-state index contributed by atoms with van der Waals surface area (Å²) in [6, 6.07) is 9.22. The second-order valence-corrected chi connectivity index (χ2v) is 5.28. The maximum atomic E-state index is 12.1. The topological polar surface area (TPSA) is 47.2 Å². The first-order chi connectivity index (χ1) is 9.66. The van der Waals surface area contributed by atoms with E-state index >= 15 is 0 Å². The Kier molecular flexibility index (Phi) is 7.25. The van der Waals surface area contributed by atoms with Crippen molar-refractivity contribution in [2.75, 3.05) is 6.61 Å². The van der Waals surface area contributed by atoms with Crippen LogP contribution in [0.4, 0.5) is 0 Å². The lowest BCUT2D eigenvalue weighted by molar-refractivity contribution is -0.685. The summed E-state index contributed by atoms with van der Waals surface area (Å²) in [5, 5.41) is 2.96. The molecular formula is C15H16BrNO3S. The van der Waals surface area contributed by atoms with Crippen molar-refractivity contribution < 1.29 is 35.9 Å². The number of aromatic nitrogens is 1. The molecule has 0 amide bonds. The van der Waals surface area contributed by atoms with Gasteiger partial charge < -0.3 is 21.7 Å². The van der Waals surface area contributed by atoms with Crippen LogP contribution in [0.3, 0.4) is 0 Å². The fraction of sp³-hybridized carbons (Fsp3) is 0.267. The predicted octanol–water partition coefficient (Wildman–Crippen LogP) is -0.972. The van der Waals surface area contributed by atoms with Crippen molar-refractivity contribution in [3.05, 3.63) is 52.5 Å². The van der Waals surface area contributed by atoms with Crippen LogP contribution in [0.1, 0.15) is 22.3 Å². The number of carbonyl (C=O) groups excluding carboxylic acids is 2. The Balaban J connectivity index is 0.00000220. The molecule has 112 valence electrons. The van der Waals surface area contributed by atoms with Crippen LogP contribution < -0.4 is 21.5 Å². The third-order valence-corrected chi connectivity index (χ3v) is 3.76. The lowest BCUT2D eigenvalue weighted by atomic mass is 10.1. The van der Waals surface area contributed by atoms with E-state index in [1.54, 1.807) is 11.3 Å². The number of thiazole rings is 1. The summed E-state index contributed by atoms with van der Waals surface area (Å²) < 4.78 is 6.84. The summed E-state index contributed by atoms with van der Waals surface area (Å²) in [6.07, 6.45) is 2.51. The van der Waals surface area contributed by atoms with Crippen LogP contribution in [0.5, 0.6) is 0 Å². The summed E-state index contributed by atoms with van der Waals surface area (Å²) in [5.74, 6) is -0.212. The second kappa shape index (κ2) is 8.69. The van der Waals surface area contributed by atoms with E-state index in [1.165, 1.54) is 6.92 Å². The van der Waals surface area contributed by atoms with Gasteiger partial charge in [-0.05, 0) is 0 Å². The van der Waals surface area contributed by atoms with Crippen molar-refractivity contribution in [1.29, 1.82) is 0 Å². The van der Waals surface area contributed by atoms with Gasteiger partial charge in [0.05, 0.1) is 11.8 Å². The second-order valence-electron chi connectivity index (χ2n) is 4.30. The van der Waals surface area contributed by atoms with Gasteiger partial charge in [-0.3, -0.25) is 9.59 Å². The van der Waals surface area contributed by atoms with E-state index in [1.807, 2.05) is 46.5 Å². The van der Waals surface area contributed by atoms with Gasteiger partial charge in [-0.2, -0.15) is 4.57 Å². The largest absolute Gasteiger partial charge is 1.00 e. The fourth-order valence-corrected chi connectivity index (χ4v) is 2.66. The van der Waals surface area contributed by atoms with Crippen molar-refractivity contribution in [3.8, 4) is 0 Å². The average molecular weight is 370 g/mol. The van der Waals surface area contributed by atoms with Crippen LogP contribution in [-0.2, 0) is 22.5 Å². The van der Waals surface area contributed by atoms with Crippen molar-refractivity contribution in [2.45, 2.75) is 19.9 Å². The van der Waals surface area contributed by atoms with Crippen molar-refractivity contribution >= 4 is 23.1 Å². The van der Waals surface area contributed by atoms with Crippen molar-refractivity contribution in [2.24, 2.45) is 0 Å².